The first kappa shape index (κ1) is 14.0. The summed E-state index contributed by atoms with van der Waals surface area (Å²) in [5, 5.41) is 6.80. The maximum absolute atomic E-state index is 11.2. The highest BCUT2D eigenvalue weighted by Crippen LogP contribution is 2.16. The Balaban J connectivity index is 2.35. The minimum atomic E-state index is 0.0818. The second-order valence-electron chi connectivity index (χ2n) is 3.93. The van der Waals surface area contributed by atoms with Crippen molar-refractivity contribution in [2.45, 2.75) is 26.3 Å². The van der Waals surface area contributed by atoms with E-state index in [2.05, 4.69) is 17.6 Å². The number of benzene rings is 1. The minimum Gasteiger partial charge on any atom is -0.356 e. The second kappa shape index (κ2) is 7.30. The molecule has 1 aromatic carbocycles. The van der Waals surface area contributed by atoms with Crippen LogP contribution >= 0.6 is 11.6 Å². The molecule has 94 valence electrons. The van der Waals surface area contributed by atoms with Gasteiger partial charge in [-0.05, 0) is 31.5 Å². The molecule has 0 saturated heterocycles. The summed E-state index contributed by atoms with van der Waals surface area (Å²) >= 11 is 5.92. The number of hydrogen-bond acceptors (Lipinski definition) is 2. The fraction of sp³-hybridized carbons (Fsp3) is 0.462. The molecular weight excluding hydrogens is 236 g/mol. The van der Waals surface area contributed by atoms with Gasteiger partial charge in [-0.15, -0.1) is 0 Å². The lowest BCUT2D eigenvalue weighted by molar-refractivity contribution is -0.120. The van der Waals surface area contributed by atoms with Crippen LogP contribution in [0.15, 0.2) is 24.3 Å². The van der Waals surface area contributed by atoms with Crippen molar-refractivity contribution in [2.24, 2.45) is 0 Å². The Morgan fingerprint density at radius 3 is 2.88 bits per heavy atom. The summed E-state index contributed by atoms with van der Waals surface area (Å²) in [7, 11) is 0. The number of hydrogen-bond donors (Lipinski definition) is 2. The van der Waals surface area contributed by atoms with Crippen LogP contribution < -0.4 is 10.6 Å². The first-order valence-corrected chi connectivity index (χ1v) is 6.26. The Labute approximate surface area is 108 Å². The molecular formula is C13H19ClN2O. The summed E-state index contributed by atoms with van der Waals surface area (Å²) in [6.07, 6.45) is 0.499. The van der Waals surface area contributed by atoms with Gasteiger partial charge in [0.05, 0.1) is 0 Å². The predicted molar refractivity (Wildman–Crippen MR) is 71.2 cm³/mol. The third kappa shape index (κ3) is 5.20. The maximum atomic E-state index is 11.2. The summed E-state index contributed by atoms with van der Waals surface area (Å²) in [4.78, 5) is 11.2. The van der Waals surface area contributed by atoms with E-state index in [1.54, 1.807) is 0 Å². The van der Waals surface area contributed by atoms with Gasteiger partial charge in [0.1, 0.15) is 0 Å². The van der Waals surface area contributed by atoms with Crippen molar-refractivity contribution >= 4 is 17.5 Å². The van der Waals surface area contributed by atoms with Crippen LogP contribution in [0.25, 0.3) is 0 Å². The van der Waals surface area contributed by atoms with E-state index in [4.69, 9.17) is 11.6 Å². The Bertz CT molecular complexity index is 368. The van der Waals surface area contributed by atoms with Crippen molar-refractivity contribution in [2.75, 3.05) is 13.1 Å². The lowest BCUT2D eigenvalue weighted by Crippen LogP contribution is -2.28. The van der Waals surface area contributed by atoms with Crippen LogP contribution in [-0.2, 0) is 4.79 Å². The van der Waals surface area contributed by atoms with Gasteiger partial charge in [-0.2, -0.15) is 0 Å². The molecule has 1 rings (SSSR count). The van der Waals surface area contributed by atoms with Gasteiger partial charge in [-0.1, -0.05) is 23.7 Å². The van der Waals surface area contributed by atoms with Crippen molar-refractivity contribution < 1.29 is 4.79 Å². The number of carbonyl (C=O) groups is 1. The van der Waals surface area contributed by atoms with Gasteiger partial charge in [0.15, 0.2) is 0 Å². The minimum absolute atomic E-state index is 0.0818. The molecule has 3 nitrogen and oxygen atoms in total. The van der Waals surface area contributed by atoms with Gasteiger partial charge in [0.2, 0.25) is 5.91 Å². The number of amides is 1. The van der Waals surface area contributed by atoms with Crippen molar-refractivity contribution in [1.82, 2.24) is 10.6 Å². The monoisotopic (exact) mass is 254 g/mol. The number of halogens is 1. The molecule has 2 N–H and O–H groups in total. The summed E-state index contributed by atoms with van der Waals surface area (Å²) < 4.78 is 0. The molecule has 0 fully saturated rings. The van der Waals surface area contributed by atoms with Crippen molar-refractivity contribution in [3.63, 3.8) is 0 Å². The van der Waals surface area contributed by atoms with Crippen LogP contribution in [0, 0.1) is 0 Å². The first-order valence-electron chi connectivity index (χ1n) is 5.89. The number of carbonyl (C=O) groups excluding carboxylic acids is 1. The zero-order valence-corrected chi connectivity index (χ0v) is 11.1. The Hall–Kier alpha value is -1.06. The highest BCUT2D eigenvalue weighted by atomic mass is 35.5. The average Bonchev–Trinajstić information content (AvgIpc) is 2.29. The van der Waals surface area contributed by atoms with Gasteiger partial charge in [-0.25, -0.2) is 0 Å². The van der Waals surface area contributed by atoms with E-state index in [-0.39, 0.29) is 11.9 Å². The Kier molecular flexibility index (Phi) is 6.01. The quantitative estimate of drug-likeness (QED) is 0.819. The molecule has 17 heavy (non-hydrogen) atoms. The molecule has 0 spiro atoms. The highest BCUT2D eigenvalue weighted by Gasteiger charge is 2.06. The second-order valence-corrected chi connectivity index (χ2v) is 4.37. The molecule has 4 heteroatoms. The average molecular weight is 255 g/mol. The van der Waals surface area contributed by atoms with E-state index in [9.17, 15) is 4.79 Å². The van der Waals surface area contributed by atoms with E-state index in [1.807, 2.05) is 31.2 Å². The number of rotatable bonds is 6. The molecule has 0 saturated carbocycles. The van der Waals surface area contributed by atoms with Crippen molar-refractivity contribution in [1.29, 1.82) is 0 Å². The van der Waals surface area contributed by atoms with Gasteiger partial charge >= 0.3 is 0 Å². The van der Waals surface area contributed by atoms with Crippen molar-refractivity contribution in [3.05, 3.63) is 34.9 Å². The summed E-state index contributed by atoms with van der Waals surface area (Å²) in [6.45, 7) is 5.32. The maximum Gasteiger partial charge on any atom is 0.221 e. The topological polar surface area (TPSA) is 41.1 Å². The molecule has 1 unspecified atom stereocenters. The SMILES string of the molecule is CCNC(=O)CCNC(C)c1cccc(Cl)c1. The lowest BCUT2D eigenvalue weighted by Gasteiger charge is -2.14. The number of nitrogens with one attached hydrogen (secondary N) is 2. The molecule has 0 heterocycles. The molecule has 0 aliphatic carbocycles. The van der Waals surface area contributed by atoms with Crippen LogP contribution in [0.1, 0.15) is 31.9 Å². The van der Waals surface area contributed by atoms with Crippen LogP contribution in [-0.4, -0.2) is 19.0 Å². The van der Waals surface area contributed by atoms with E-state index in [0.717, 1.165) is 10.6 Å². The third-order valence-electron chi connectivity index (χ3n) is 2.53. The van der Waals surface area contributed by atoms with Crippen LogP contribution in [0.2, 0.25) is 5.02 Å². The Morgan fingerprint density at radius 1 is 1.47 bits per heavy atom. The van der Waals surface area contributed by atoms with E-state index < -0.39 is 0 Å². The standard InChI is InChI=1S/C13H19ClN2O/c1-3-15-13(17)7-8-16-10(2)11-5-4-6-12(14)9-11/h4-6,9-10,16H,3,7-8H2,1-2H3,(H,15,17). The van der Waals surface area contributed by atoms with Gasteiger partial charge in [0.25, 0.3) is 0 Å². The molecule has 0 radical (unpaired) electrons. The Morgan fingerprint density at radius 2 is 2.24 bits per heavy atom. The zero-order chi connectivity index (χ0) is 12.7. The summed E-state index contributed by atoms with van der Waals surface area (Å²) in [5.41, 5.74) is 1.13. The van der Waals surface area contributed by atoms with Gasteiger partial charge in [-0.3, -0.25) is 4.79 Å². The lowest BCUT2D eigenvalue weighted by atomic mass is 10.1. The molecule has 1 aromatic rings. The first-order chi connectivity index (χ1) is 8.13. The largest absolute Gasteiger partial charge is 0.356 e. The highest BCUT2D eigenvalue weighted by molar-refractivity contribution is 6.30. The predicted octanol–water partition coefficient (Wildman–Crippen LogP) is 2.52. The van der Waals surface area contributed by atoms with E-state index in [0.29, 0.717) is 19.5 Å². The molecule has 0 bridgehead atoms. The summed E-state index contributed by atoms with van der Waals surface area (Å²) in [6, 6.07) is 7.94. The van der Waals surface area contributed by atoms with E-state index >= 15 is 0 Å². The van der Waals surface area contributed by atoms with Gasteiger partial charge < -0.3 is 10.6 Å². The van der Waals surface area contributed by atoms with Crippen LogP contribution in [0.4, 0.5) is 0 Å². The molecule has 1 atom stereocenters. The molecule has 0 aliphatic heterocycles. The normalized spacial score (nSPS) is 12.2. The van der Waals surface area contributed by atoms with Crippen molar-refractivity contribution in [3.8, 4) is 0 Å². The van der Waals surface area contributed by atoms with Crippen LogP contribution in [0.5, 0.6) is 0 Å². The summed E-state index contributed by atoms with van der Waals surface area (Å²) in [5.74, 6) is 0.0818. The molecule has 1 amide bonds. The zero-order valence-electron chi connectivity index (χ0n) is 10.3. The smallest absolute Gasteiger partial charge is 0.221 e. The molecule has 0 aromatic heterocycles. The van der Waals surface area contributed by atoms with Crippen LogP contribution in [0.3, 0.4) is 0 Å². The molecule has 0 aliphatic rings. The third-order valence-corrected chi connectivity index (χ3v) is 2.76. The fourth-order valence-electron chi connectivity index (χ4n) is 1.58. The van der Waals surface area contributed by atoms with E-state index in [1.165, 1.54) is 0 Å². The van der Waals surface area contributed by atoms with Gasteiger partial charge in [0, 0.05) is 30.6 Å². The fourth-order valence-corrected chi connectivity index (χ4v) is 1.78.